The van der Waals surface area contributed by atoms with E-state index in [1.807, 2.05) is 38.1 Å². The minimum absolute atomic E-state index is 0.203. The number of aryl methyl sites for hydroxylation is 2. The van der Waals surface area contributed by atoms with Crippen LogP contribution in [0.1, 0.15) is 17.0 Å². The number of pyridine rings is 1. The summed E-state index contributed by atoms with van der Waals surface area (Å²) in [6, 6.07) is 7.81. The summed E-state index contributed by atoms with van der Waals surface area (Å²) < 4.78 is 7.05. The lowest BCUT2D eigenvalue weighted by atomic mass is 10.1. The van der Waals surface area contributed by atoms with E-state index in [4.69, 9.17) is 4.74 Å². The first-order valence-electron chi connectivity index (χ1n) is 6.73. The van der Waals surface area contributed by atoms with E-state index in [1.165, 1.54) is 0 Å². The van der Waals surface area contributed by atoms with E-state index in [9.17, 15) is 5.11 Å². The Kier molecular flexibility index (Phi) is 3.05. The van der Waals surface area contributed by atoms with Crippen molar-refractivity contribution in [2.75, 3.05) is 7.11 Å². The number of aromatic nitrogens is 3. The zero-order chi connectivity index (χ0) is 15.1. The molecule has 21 heavy (non-hydrogen) atoms. The number of hydrogen-bond donors (Lipinski definition) is 1. The highest BCUT2D eigenvalue weighted by molar-refractivity contribution is 5.88. The first-order valence-corrected chi connectivity index (χ1v) is 6.73. The minimum Gasteiger partial charge on any atom is -0.504 e. The second-order valence-electron chi connectivity index (χ2n) is 5.09. The van der Waals surface area contributed by atoms with E-state index in [0.717, 1.165) is 22.2 Å². The van der Waals surface area contributed by atoms with Crippen molar-refractivity contribution in [2.24, 2.45) is 0 Å². The van der Waals surface area contributed by atoms with Crippen LogP contribution >= 0.6 is 0 Å². The molecule has 0 aliphatic carbocycles. The van der Waals surface area contributed by atoms with E-state index in [-0.39, 0.29) is 5.75 Å². The molecule has 1 aromatic carbocycles. The van der Waals surface area contributed by atoms with Crippen molar-refractivity contribution in [2.45, 2.75) is 20.8 Å². The number of rotatable bonds is 2. The lowest BCUT2D eigenvalue weighted by Gasteiger charge is -2.10. The molecule has 5 heteroatoms. The zero-order valence-electron chi connectivity index (χ0n) is 12.5. The average molecular weight is 283 g/mol. The molecule has 0 fully saturated rings. The molecule has 3 aromatic rings. The quantitative estimate of drug-likeness (QED) is 0.785. The average Bonchev–Trinajstić information content (AvgIpc) is 2.74. The Balaban J connectivity index is 2.31. The van der Waals surface area contributed by atoms with Crippen LogP contribution in [0.3, 0.4) is 0 Å². The Morgan fingerprint density at radius 2 is 1.95 bits per heavy atom. The highest BCUT2D eigenvalue weighted by Gasteiger charge is 2.14. The van der Waals surface area contributed by atoms with Gasteiger partial charge in [0.25, 0.3) is 0 Å². The van der Waals surface area contributed by atoms with Crippen LogP contribution in [0.15, 0.2) is 24.3 Å². The van der Waals surface area contributed by atoms with Gasteiger partial charge in [-0.1, -0.05) is 12.1 Å². The van der Waals surface area contributed by atoms with Gasteiger partial charge in [-0.2, -0.15) is 5.10 Å². The summed E-state index contributed by atoms with van der Waals surface area (Å²) in [4.78, 5) is 4.66. The standard InChI is InChI=1S/C16H17N3O2/c1-9-8-14(19-11(3)16(20)10(2)18-19)17-15-12(9)6-5-7-13(15)21-4/h5-8,20H,1-4H3. The topological polar surface area (TPSA) is 60.2 Å². The number of ether oxygens (including phenoxy) is 1. The molecule has 1 N–H and O–H groups in total. The summed E-state index contributed by atoms with van der Waals surface area (Å²) in [6.07, 6.45) is 0. The number of benzene rings is 1. The van der Waals surface area contributed by atoms with Crippen molar-refractivity contribution >= 4 is 10.9 Å². The lowest BCUT2D eigenvalue weighted by Crippen LogP contribution is -2.03. The van der Waals surface area contributed by atoms with Crippen LogP contribution in [0.4, 0.5) is 0 Å². The Hall–Kier alpha value is -2.56. The number of nitrogens with zero attached hydrogens (tertiary/aromatic N) is 3. The molecular formula is C16H17N3O2. The molecule has 2 heterocycles. The van der Waals surface area contributed by atoms with Crippen molar-refractivity contribution < 1.29 is 9.84 Å². The fourth-order valence-corrected chi connectivity index (χ4v) is 2.50. The molecule has 0 amide bonds. The molecule has 0 unspecified atom stereocenters. The smallest absolute Gasteiger partial charge is 0.160 e. The first-order chi connectivity index (χ1) is 10.0. The number of hydrogen-bond acceptors (Lipinski definition) is 4. The van der Waals surface area contributed by atoms with Gasteiger partial charge in [-0.05, 0) is 38.5 Å². The van der Waals surface area contributed by atoms with Crippen molar-refractivity contribution in [1.29, 1.82) is 0 Å². The van der Waals surface area contributed by atoms with Gasteiger partial charge in [0.1, 0.15) is 17.0 Å². The predicted octanol–water partition coefficient (Wildman–Crippen LogP) is 3.06. The maximum absolute atomic E-state index is 9.94. The Morgan fingerprint density at radius 3 is 2.57 bits per heavy atom. The second kappa shape index (κ2) is 4.77. The molecule has 0 saturated carbocycles. The van der Waals surface area contributed by atoms with Crippen LogP contribution in [0, 0.1) is 20.8 Å². The van der Waals surface area contributed by atoms with Gasteiger partial charge in [0, 0.05) is 5.39 Å². The molecule has 0 radical (unpaired) electrons. The van der Waals surface area contributed by atoms with Gasteiger partial charge in [0.2, 0.25) is 0 Å². The van der Waals surface area contributed by atoms with E-state index in [1.54, 1.807) is 18.7 Å². The second-order valence-corrected chi connectivity index (χ2v) is 5.09. The molecule has 0 aliphatic rings. The normalized spacial score (nSPS) is 11.0. The number of para-hydroxylation sites is 1. The van der Waals surface area contributed by atoms with E-state index in [0.29, 0.717) is 17.2 Å². The molecule has 3 rings (SSSR count). The lowest BCUT2D eigenvalue weighted by molar-refractivity contribution is 0.419. The van der Waals surface area contributed by atoms with Gasteiger partial charge in [-0.25, -0.2) is 9.67 Å². The van der Waals surface area contributed by atoms with Gasteiger partial charge in [-0.3, -0.25) is 0 Å². The summed E-state index contributed by atoms with van der Waals surface area (Å²) in [5.41, 5.74) is 3.14. The van der Waals surface area contributed by atoms with Gasteiger partial charge in [0.05, 0.1) is 12.8 Å². The minimum atomic E-state index is 0.203. The van der Waals surface area contributed by atoms with Crippen molar-refractivity contribution in [1.82, 2.24) is 14.8 Å². The Labute approximate surface area is 122 Å². The highest BCUT2D eigenvalue weighted by atomic mass is 16.5. The summed E-state index contributed by atoms with van der Waals surface area (Å²) in [5.74, 6) is 1.60. The van der Waals surface area contributed by atoms with Gasteiger partial charge in [0.15, 0.2) is 11.6 Å². The maximum atomic E-state index is 9.94. The highest BCUT2D eigenvalue weighted by Crippen LogP contribution is 2.29. The molecule has 0 spiro atoms. The summed E-state index contributed by atoms with van der Waals surface area (Å²) in [5, 5.41) is 15.3. The van der Waals surface area contributed by atoms with E-state index in [2.05, 4.69) is 10.1 Å². The maximum Gasteiger partial charge on any atom is 0.160 e. The Bertz CT molecular complexity index is 837. The largest absolute Gasteiger partial charge is 0.504 e. The number of methoxy groups -OCH3 is 1. The van der Waals surface area contributed by atoms with Crippen LogP contribution in [0.2, 0.25) is 0 Å². The van der Waals surface area contributed by atoms with Crippen LogP contribution in [-0.2, 0) is 0 Å². The third-order valence-electron chi connectivity index (χ3n) is 3.69. The molecule has 108 valence electrons. The van der Waals surface area contributed by atoms with E-state index < -0.39 is 0 Å². The zero-order valence-corrected chi connectivity index (χ0v) is 12.5. The van der Waals surface area contributed by atoms with Crippen LogP contribution in [0.25, 0.3) is 16.7 Å². The SMILES string of the molecule is COc1cccc2c(C)cc(-n3nc(C)c(O)c3C)nc12. The molecule has 0 bridgehead atoms. The fraction of sp³-hybridized carbons (Fsp3) is 0.250. The molecule has 0 saturated heterocycles. The van der Waals surface area contributed by atoms with Gasteiger partial charge < -0.3 is 9.84 Å². The van der Waals surface area contributed by atoms with Crippen LogP contribution < -0.4 is 4.74 Å². The van der Waals surface area contributed by atoms with Crippen LogP contribution in [-0.4, -0.2) is 27.0 Å². The molecule has 5 nitrogen and oxygen atoms in total. The van der Waals surface area contributed by atoms with Gasteiger partial charge in [-0.15, -0.1) is 0 Å². The third kappa shape index (κ3) is 2.01. The third-order valence-corrected chi connectivity index (χ3v) is 3.69. The summed E-state index contributed by atoms with van der Waals surface area (Å²) in [6.45, 7) is 5.62. The van der Waals surface area contributed by atoms with Crippen molar-refractivity contribution in [3.63, 3.8) is 0 Å². The molecule has 0 atom stereocenters. The van der Waals surface area contributed by atoms with Crippen molar-refractivity contribution in [3.8, 4) is 17.3 Å². The van der Waals surface area contributed by atoms with E-state index >= 15 is 0 Å². The number of aromatic hydroxyl groups is 1. The van der Waals surface area contributed by atoms with Gasteiger partial charge >= 0.3 is 0 Å². The predicted molar refractivity (Wildman–Crippen MR) is 81.3 cm³/mol. The number of fused-ring (bicyclic) bond motifs is 1. The summed E-state index contributed by atoms with van der Waals surface area (Å²) in [7, 11) is 1.63. The summed E-state index contributed by atoms with van der Waals surface area (Å²) >= 11 is 0. The Morgan fingerprint density at radius 1 is 1.19 bits per heavy atom. The monoisotopic (exact) mass is 283 g/mol. The fourth-order valence-electron chi connectivity index (χ4n) is 2.50. The molecular weight excluding hydrogens is 266 g/mol. The first kappa shape index (κ1) is 13.4. The van der Waals surface area contributed by atoms with Crippen molar-refractivity contribution in [3.05, 3.63) is 41.2 Å². The van der Waals surface area contributed by atoms with Crippen LogP contribution in [0.5, 0.6) is 11.5 Å². The molecule has 2 aromatic heterocycles. The molecule has 0 aliphatic heterocycles.